The van der Waals surface area contributed by atoms with Crippen molar-refractivity contribution in [3.05, 3.63) is 53.6 Å². The summed E-state index contributed by atoms with van der Waals surface area (Å²) in [6.45, 7) is 3.43. The largest absolute Gasteiger partial charge is 0.486 e. The Morgan fingerprint density at radius 2 is 1.86 bits per heavy atom. The molecule has 7 nitrogen and oxygen atoms in total. The molecular formula is C21H24N2O5S. The van der Waals surface area contributed by atoms with E-state index < -0.39 is 10.0 Å². The summed E-state index contributed by atoms with van der Waals surface area (Å²) in [5.41, 5.74) is 1.07. The Kier molecular flexibility index (Phi) is 5.47. The Morgan fingerprint density at radius 1 is 1.14 bits per heavy atom. The SMILES string of the molecule is Cc1ccc(S(=O)(=O)N2CCCC2)cc1C(=O)NC[C@H]1COc2ccccc2O1. The third-order valence-corrected chi connectivity index (χ3v) is 7.11. The predicted octanol–water partition coefficient (Wildman–Crippen LogP) is 2.35. The van der Waals surface area contributed by atoms with Gasteiger partial charge >= 0.3 is 0 Å². The molecule has 0 radical (unpaired) electrons. The first kappa shape index (κ1) is 19.7. The van der Waals surface area contributed by atoms with Crippen LogP contribution >= 0.6 is 0 Å². The van der Waals surface area contributed by atoms with E-state index in [1.54, 1.807) is 19.1 Å². The molecule has 1 saturated heterocycles. The normalized spacial score (nSPS) is 19.1. The summed E-state index contributed by atoms with van der Waals surface area (Å²) in [5, 5.41) is 2.84. The minimum absolute atomic E-state index is 0.154. The van der Waals surface area contributed by atoms with E-state index in [-0.39, 0.29) is 23.5 Å². The molecule has 1 N–H and O–H groups in total. The zero-order valence-electron chi connectivity index (χ0n) is 16.3. The van der Waals surface area contributed by atoms with Gasteiger partial charge in [0.05, 0.1) is 11.4 Å². The molecule has 0 bridgehead atoms. The molecule has 0 aromatic heterocycles. The molecule has 2 aromatic carbocycles. The molecule has 1 fully saturated rings. The van der Waals surface area contributed by atoms with Gasteiger partial charge in [0.2, 0.25) is 10.0 Å². The minimum atomic E-state index is -3.57. The van der Waals surface area contributed by atoms with Crippen LogP contribution in [0, 0.1) is 6.92 Å². The van der Waals surface area contributed by atoms with Gasteiger partial charge in [-0.2, -0.15) is 4.31 Å². The summed E-state index contributed by atoms with van der Waals surface area (Å²) in [4.78, 5) is 12.9. The number of fused-ring (bicyclic) bond motifs is 1. The summed E-state index contributed by atoms with van der Waals surface area (Å²) in [6.07, 6.45) is 1.42. The van der Waals surface area contributed by atoms with Crippen LogP contribution in [0.15, 0.2) is 47.4 Å². The number of nitrogens with one attached hydrogen (secondary N) is 1. The van der Waals surface area contributed by atoms with Gasteiger partial charge in [-0.15, -0.1) is 0 Å². The van der Waals surface area contributed by atoms with Gasteiger partial charge in [-0.05, 0) is 49.6 Å². The number of carbonyl (C=O) groups excluding carboxylic acids is 1. The Balaban J connectivity index is 1.45. The second kappa shape index (κ2) is 8.04. The van der Waals surface area contributed by atoms with Crippen molar-refractivity contribution in [2.45, 2.75) is 30.8 Å². The summed E-state index contributed by atoms with van der Waals surface area (Å²) < 4.78 is 38.6. The van der Waals surface area contributed by atoms with Crippen molar-refractivity contribution in [2.75, 3.05) is 26.2 Å². The lowest BCUT2D eigenvalue weighted by atomic mass is 10.1. The van der Waals surface area contributed by atoms with Crippen molar-refractivity contribution >= 4 is 15.9 Å². The number of aryl methyl sites for hydroxylation is 1. The van der Waals surface area contributed by atoms with Crippen LogP contribution in [0.3, 0.4) is 0 Å². The monoisotopic (exact) mass is 416 g/mol. The number of hydrogen-bond donors (Lipinski definition) is 1. The molecule has 2 aliphatic heterocycles. The molecule has 0 unspecified atom stereocenters. The summed E-state index contributed by atoms with van der Waals surface area (Å²) in [5.74, 6) is 1.00. The summed E-state index contributed by atoms with van der Waals surface area (Å²) >= 11 is 0. The van der Waals surface area contributed by atoms with Crippen LogP contribution in [0.4, 0.5) is 0 Å². The number of ether oxygens (including phenoxy) is 2. The van der Waals surface area contributed by atoms with Crippen molar-refractivity contribution in [2.24, 2.45) is 0 Å². The lowest BCUT2D eigenvalue weighted by molar-refractivity contribution is 0.0789. The highest BCUT2D eigenvalue weighted by Crippen LogP contribution is 2.30. The second-order valence-electron chi connectivity index (χ2n) is 7.30. The van der Waals surface area contributed by atoms with Gasteiger partial charge in [0.1, 0.15) is 12.7 Å². The van der Waals surface area contributed by atoms with Gasteiger partial charge in [0, 0.05) is 18.7 Å². The van der Waals surface area contributed by atoms with Gasteiger partial charge in [-0.3, -0.25) is 4.79 Å². The zero-order valence-corrected chi connectivity index (χ0v) is 17.1. The average Bonchev–Trinajstić information content (AvgIpc) is 3.28. The van der Waals surface area contributed by atoms with E-state index in [1.807, 2.05) is 24.3 Å². The van der Waals surface area contributed by atoms with E-state index in [0.29, 0.717) is 42.3 Å². The van der Waals surface area contributed by atoms with Crippen LogP contribution in [0.5, 0.6) is 11.5 Å². The van der Waals surface area contributed by atoms with Crippen molar-refractivity contribution in [1.82, 2.24) is 9.62 Å². The number of rotatable bonds is 5. The maximum Gasteiger partial charge on any atom is 0.251 e. The first-order chi connectivity index (χ1) is 13.9. The fourth-order valence-electron chi connectivity index (χ4n) is 3.55. The van der Waals surface area contributed by atoms with Gasteiger partial charge in [-0.1, -0.05) is 18.2 Å². The Labute approximate surface area is 170 Å². The molecule has 29 heavy (non-hydrogen) atoms. The number of benzene rings is 2. The van der Waals surface area contributed by atoms with Crippen molar-refractivity contribution in [3.8, 4) is 11.5 Å². The summed E-state index contributed by atoms with van der Waals surface area (Å²) in [6, 6.07) is 12.1. The molecule has 1 amide bonds. The van der Waals surface area contributed by atoms with Gasteiger partial charge in [0.25, 0.3) is 5.91 Å². The molecule has 4 rings (SSSR count). The summed E-state index contributed by atoms with van der Waals surface area (Å²) in [7, 11) is -3.57. The highest BCUT2D eigenvalue weighted by Gasteiger charge is 2.28. The smallest absolute Gasteiger partial charge is 0.251 e. The number of hydrogen-bond acceptors (Lipinski definition) is 5. The fraction of sp³-hybridized carbons (Fsp3) is 0.381. The topological polar surface area (TPSA) is 84.9 Å². The van der Waals surface area contributed by atoms with Gasteiger partial charge in [0.15, 0.2) is 11.5 Å². The van der Waals surface area contributed by atoms with Crippen LogP contribution in [0.2, 0.25) is 0 Å². The van der Waals surface area contributed by atoms with Gasteiger partial charge < -0.3 is 14.8 Å². The molecule has 0 aliphatic carbocycles. The highest BCUT2D eigenvalue weighted by molar-refractivity contribution is 7.89. The molecule has 154 valence electrons. The van der Waals surface area contributed by atoms with E-state index in [1.165, 1.54) is 10.4 Å². The molecule has 0 saturated carbocycles. The number of sulfonamides is 1. The molecule has 1 atom stereocenters. The predicted molar refractivity (Wildman–Crippen MR) is 108 cm³/mol. The zero-order chi connectivity index (χ0) is 20.4. The van der Waals surface area contributed by atoms with Crippen LogP contribution in [-0.2, 0) is 10.0 Å². The Morgan fingerprint density at radius 3 is 2.62 bits per heavy atom. The van der Waals surface area contributed by atoms with E-state index in [9.17, 15) is 13.2 Å². The standard InChI is InChI=1S/C21H24N2O5S/c1-15-8-9-17(29(25,26)23-10-4-5-11-23)12-18(15)21(24)22-13-16-14-27-19-6-2-3-7-20(19)28-16/h2-3,6-9,12,16H,4-5,10-11,13-14H2,1H3,(H,22,24)/t16-/m0/s1. The van der Waals surface area contributed by atoms with E-state index >= 15 is 0 Å². The van der Waals surface area contributed by atoms with E-state index in [0.717, 1.165) is 12.8 Å². The first-order valence-corrected chi connectivity index (χ1v) is 11.2. The molecule has 8 heteroatoms. The fourth-order valence-corrected chi connectivity index (χ4v) is 5.09. The van der Waals surface area contributed by atoms with Crippen molar-refractivity contribution < 1.29 is 22.7 Å². The van der Waals surface area contributed by atoms with Gasteiger partial charge in [-0.25, -0.2) is 8.42 Å². The number of nitrogens with zero attached hydrogens (tertiary/aromatic N) is 1. The first-order valence-electron chi connectivity index (χ1n) is 9.72. The average molecular weight is 416 g/mol. The molecule has 0 spiro atoms. The number of carbonyl (C=O) groups is 1. The second-order valence-corrected chi connectivity index (χ2v) is 9.23. The molecular weight excluding hydrogens is 392 g/mol. The maximum atomic E-state index is 12.8. The number of amides is 1. The van der Waals surface area contributed by atoms with Crippen molar-refractivity contribution in [1.29, 1.82) is 0 Å². The van der Waals surface area contributed by atoms with Crippen LogP contribution in [0.25, 0.3) is 0 Å². The van der Waals surface area contributed by atoms with E-state index in [4.69, 9.17) is 9.47 Å². The van der Waals surface area contributed by atoms with Crippen LogP contribution in [-0.4, -0.2) is 51.0 Å². The third-order valence-electron chi connectivity index (χ3n) is 5.21. The van der Waals surface area contributed by atoms with E-state index in [2.05, 4.69) is 5.32 Å². The lowest BCUT2D eigenvalue weighted by Gasteiger charge is -2.26. The van der Waals surface area contributed by atoms with Crippen molar-refractivity contribution in [3.63, 3.8) is 0 Å². The Bertz CT molecular complexity index is 1020. The van der Waals surface area contributed by atoms with Crippen LogP contribution < -0.4 is 14.8 Å². The highest BCUT2D eigenvalue weighted by atomic mass is 32.2. The third kappa shape index (κ3) is 4.09. The lowest BCUT2D eigenvalue weighted by Crippen LogP contribution is -2.41. The quantitative estimate of drug-likeness (QED) is 0.809. The molecule has 2 heterocycles. The number of para-hydroxylation sites is 2. The molecule has 2 aromatic rings. The Hall–Kier alpha value is -2.58. The molecule has 2 aliphatic rings. The maximum absolute atomic E-state index is 12.8. The van der Waals surface area contributed by atoms with Crippen LogP contribution in [0.1, 0.15) is 28.8 Å². The minimum Gasteiger partial charge on any atom is -0.486 e.